The largest absolute Gasteiger partial charge is 0.378 e. The zero-order chi connectivity index (χ0) is 24.6. The summed E-state index contributed by atoms with van der Waals surface area (Å²) in [5.74, 6) is -1.39. The van der Waals surface area contributed by atoms with Crippen molar-refractivity contribution in [3.63, 3.8) is 0 Å². The summed E-state index contributed by atoms with van der Waals surface area (Å²) in [6.45, 7) is 3.73. The predicted molar refractivity (Wildman–Crippen MR) is 132 cm³/mol. The average molecular weight is 502 g/mol. The summed E-state index contributed by atoms with van der Waals surface area (Å²) in [4.78, 5) is 26.8. The first-order valence-corrected chi connectivity index (χ1v) is 12.2. The van der Waals surface area contributed by atoms with Crippen molar-refractivity contribution in [1.29, 1.82) is 0 Å². The molecule has 1 fully saturated rings. The lowest BCUT2D eigenvalue weighted by atomic mass is 10.2. The molecule has 0 aliphatic carbocycles. The third kappa shape index (κ3) is 6.76. The van der Waals surface area contributed by atoms with Crippen molar-refractivity contribution < 1.29 is 18.3 Å². The summed E-state index contributed by atoms with van der Waals surface area (Å²) in [6, 6.07) is 10.5. The fraction of sp³-hybridized carbons (Fsp3) is 0.304. The standard InChI is InChI=1S/C23H25F2N7O2S/c1-35-23-30-19(26-6-7-27-22(33)21-18(25)12-15(24)14-28-21)13-20(31-23)29-16-2-4-17(5-3-16)32-8-10-34-11-9-32/h2-5,12-14H,6-11H2,1H3,(H,27,33)(H2,26,29,30,31). The van der Waals surface area contributed by atoms with Crippen molar-refractivity contribution in [1.82, 2.24) is 20.3 Å². The van der Waals surface area contributed by atoms with Crippen LogP contribution in [0.25, 0.3) is 0 Å². The lowest BCUT2D eigenvalue weighted by Gasteiger charge is -2.28. The molecule has 3 N–H and O–H groups in total. The molecule has 0 bridgehead atoms. The maximum atomic E-state index is 13.7. The molecule has 2 aromatic heterocycles. The van der Waals surface area contributed by atoms with Gasteiger partial charge in [-0.1, -0.05) is 11.8 Å². The minimum absolute atomic E-state index is 0.182. The summed E-state index contributed by atoms with van der Waals surface area (Å²) >= 11 is 1.40. The summed E-state index contributed by atoms with van der Waals surface area (Å²) < 4.78 is 32.1. The van der Waals surface area contributed by atoms with Gasteiger partial charge in [0.2, 0.25) is 0 Å². The highest BCUT2D eigenvalue weighted by Crippen LogP contribution is 2.23. The van der Waals surface area contributed by atoms with Gasteiger partial charge in [-0.2, -0.15) is 0 Å². The van der Waals surface area contributed by atoms with Gasteiger partial charge in [0.25, 0.3) is 5.91 Å². The quantitative estimate of drug-likeness (QED) is 0.231. The Balaban J connectivity index is 1.33. The van der Waals surface area contributed by atoms with Crippen LogP contribution in [0.3, 0.4) is 0 Å². The van der Waals surface area contributed by atoms with Gasteiger partial charge in [-0.15, -0.1) is 0 Å². The molecule has 1 aliphatic rings. The third-order valence-corrected chi connectivity index (χ3v) is 5.69. The van der Waals surface area contributed by atoms with Crippen LogP contribution in [0.4, 0.5) is 31.8 Å². The van der Waals surface area contributed by atoms with E-state index >= 15 is 0 Å². The summed E-state index contributed by atoms with van der Waals surface area (Å²) in [6.07, 6.45) is 2.68. The van der Waals surface area contributed by atoms with Gasteiger partial charge in [-0.25, -0.2) is 23.7 Å². The molecular formula is C23H25F2N7O2S. The van der Waals surface area contributed by atoms with E-state index in [0.29, 0.717) is 29.4 Å². The Hall–Kier alpha value is -3.51. The van der Waals surface area contributed by atoms with E-state index < -0.39 is 23.2 Å². The number of morpholine rings is 1. The number of hydrogen-bond donors (Lipinski definition) is 3. The van der Waals surface area contributed by atoms with Crippen molar-refractivity contribution in [3.05, 3.63) is 59.9 Å². The van der Waals surface area contributed by atoms with Crippen molar-refractivity contribution in [2.45, 2.75) is 5.16 Å². The number of rotatable bonds is 9. The van der Waals surface area contributed by atoms with Crippen LogP contribution >= 0.6 is 11.8 Å². The molecule has 0 radical (unpaired) electrons. The van der Waals surface area contributed by atoms with Gasteiger partial charge >= 0.3 is 0 Å². The molecule has 0 spiro atoms. The normalized spacial score (nSPS) is 13.4. The molecular weight excluding hydrogens is 476 g/mol. The minimum Gasteiger partial charge on any atom is -0.378 e. The van der Waals surface area contributed by atoms with E-state index in [-0.39, 0.29) is 6.54 Å². The highest BCUT2D eigenvalue weighted by Gasteiger charge is 2.14. The molecule has 0 atom stereocenters. The molecule has 184 valence electrons. The molecule has 3 aromatic rings. The Morgan fingerprint density at radius 2 is 1.83 bits per heavy atom. The monoisotopic (exact) mass is 501 g/mol. The second kappa shape index (κ2) is 11.8. The van der Waals surface area contributed by atoms with E-state index in [9.17, 15) is 13.6 Å². The number of carbonyl (C=O) groups excluding carboxylic acids is 1. The second-order valence-corrected chi connectivity index (χ2v) is 8.34. The lowest BCUT2D eigenvalue weighted by molar-refractivity contribution is 0.0945. The average Bonchev–Trinajstić information content (AvgIpc) is 2.87. The minimum atomic E-state index is -1.01. The van der Waals surface area contributed by atoms with Crippen LogP contribution in [0, 0.1) is 11.6 Å². The Kier molecular flexibility index (Phi) is 8.27. The number of nitrogens with one attached hydrogen (secondary N) is 3. The maximum absolute atomic E-state index is 13.7. The van der Waals surface area contributed by atoms with Crippen molar-refractivity contribution >= 4 is 40.7 Å². The zero-order valence-electron chi connectivity index (χ0n) is 19.1. The van der Waals surface area contributed by atoms with E-state index in [4.69, 9.17) is 4.74 Å². The molecule has 4 rings (SSSR count). The number of aromatic nitrogens is 3. The Labute approximate surface area is 205 Å². The first kappa shape index (κ1) is 24.6. The first-order valence-electron chi connectivity index (χ1n) is 11.0. The Morgan fingerprint density at radius 1 is 1.09 bits per heavy atom. The van der Waals surface area contributed by atoms with Crippen LogP contribution in [0.2, 0.25) is 0 Å². The van der Waals surface area contributed by atoms with Crippen LogP contribution in [0.15, 0.2) is 47.8 Å². The van der Waals surface area contributed by atoms with Gasteiger partial charge in [-0.3, -0.25) is 4.79 Å². The topological polar surface area (TPSA) is 104 Å². The van der Waals surface area contributed by atoms with Crippen LogP contribution < -0.4 is 20.9 Å². The van der Waals surface area contributed by atoms with E-state index in [2.05, 4.69) is 47.9 Å². The number of carbonyl (C=O) groups is 1. The number of halogens is 2. The number of anilines is 4. The highest BCUT2D eigenvalue weighted by molar-refractivity contribution is 7.98. The first-order chi connectivity index (χ1) is 17.0. The predicted octanol–water partition coefficient (Wildman–Crippen LogP) is 3.29. The zero-order valence-corrected chi connectivity index (χ0v) is 19.9. The fourth-order valence-electron chi connectivity index (χ4n) is 3.43. The molecule has 0 saturated carbocycles. The second-order valence-electron chi connectivity index (χ2n) is 7.56. The molecule has 1 saturated heterocycles. The Bertz CT molecular complexity index is 1160. The molecule has 0 unspecified atom stereocenters. The van der Waals surface area contributed by atoms with Crippen LogP contribution in [-0.2, 0) is 4.74 Å². The SMILES string of the molecule is CSc1nc(NCCNC(=O)c2ncc(F)cc2F)cc(Nc2ccc(N3CCOCC3)cc2)n1. The maximum Gasteiger partial charge on any atom is 0.272 e. The van der Waals surface area contributed by atoms with E-state index in [0.717, 1.165) is 43.9 Å². The fourth-order valence-corrected chi connectivity index (χ4v) is 3.81. The molecule has 1 amide bonds. The van der Waals surface area contributed by atoms with Gasteiger partial charge < -0.3 is 25.6 Å². The number of pyridine rings is 1. The number of amides is 1. The van der Waals surface area contributed by atoms with Gasteiger partial charge in [0.05, 0.1) is 19.4 Å². The van der Waals surface area contributed by atoms with Gasteiger partial charge in [0.15, 0.2) is 16.7 Å². The summed E-state index contributed by atoms with van der Waals surface area (Å²) in [5.41, 5.74) is 1.58. The Morgan fingerprint density at radius 3 is 2.54 bits per heavy atom. The summed E-state index contributed by atoms with van der Waals surface area (Å²) in [5, 5.41) is 9.52. The molecule has 1 aromatic carbocycles. The summed E-state index contributed by atoms with van der Waals surface area (Å²) in [7, 11) is 0. The highest BCUT2D eigenvalue weighted by atomic mass is 32.2. The van der Waals surface area contributed by atoms with Gasteiger partial charge in [0, 0.05) is 49.7 Å². The molecule has 3 heterocycles. The third-order valence-electron chi connectivity index (χ3n) is 5.14. The van der Waals surface area contributed by atoms with Crippen LogP contribution in [0.1, 0.15) is 10.5 Å². The van der Waals surface area contributed by atoms with Crippen molar-refractivity contribution in [2.75, 3.05) is 61.2 Å². The number of nitrogens with zero attached hydrogens (tertiary/aromatic N) is 4. The smallest absolute Gasteiger partial charge is 0.272 e. The van der Waals surface area contributed by atoms with Gasteiger partial charge in [0.1, 0.15) is 17.5 Å². The van der Waals surface area contributed by atoms with E-state index in [1.54, 1.807) is 6.07 Å². The van der Waals surface area contributed by atoms with Gasteiger partial charge in [-0.05, 0) is 30.5 Å². The lowest BCUT2D eigenvalue weighted by Crippen LogP contribution is -2.36. The van der Waals surface area contributed by atoms with E-state index in [1.165, 1.54) is 11.8 Å². The van der Waals surface area contributed by atoms with Crippen molar-refractivity contribution in [2.24, 2.45) is 0 Å². The number of hydrogen-bond acceptors (Lipinski definition) is 9. The molecule has 35 heavy (non-hydrogen) atoms. The van der Waals surface area contributed by atoms with E-state index in [1.807, 2.05) is 18.4 Å². The van der Waals surface area contributed by atoms with Crippen LogP contribution in [-0.4, -0.2) is 66.5 Å². The number of thioether (sulfide) groups is 1. The number of ether oxygens (including phenoxy) is 1. The van der Waals surface area contributed by atoms with Crippen LogP contribution in [0.5, 0.6) is 0 Å². The molecule has 1 aliphatic heterocycles. The number of benzene rings is 1. The molecule has 9 nitrogen and oxygen atoms in total. The molecule has 12 heteroatoms. The van der Waals surface area contributed by atoms with Crippen molar-refractivity contribution in [3.8, 4) is 0 Å².